The molecule has 0 bridgehead atoms. The number of carbonyl (C=O) groups excluding carboxylic acids is 2. The molecular formula is C33H46N2O5. The largest absolute Gasteiger partial charge is 0.507 e. The molecule has 0 radical (unpaired) electrons. The number of amides is 1. The van der Waals surface area contributed by atoms with E-state index in [2.05, 4.69) is 39.5 Å². The number of unbranched alkanes of at least 4 members (excludes halogenated alkanes) is 2. The summed E-state index contributed by atoms with van der Waals surface area (Å²) in [5.74, 6) is 0.426. The van der Waals surface area contributed by atoms with Gasteiger partial charge < -0.3 is 24.4 Å². The van der Waals surface area contributed by atoms with E-state index in [4.69, 9.17) is 9.47 Å². The maximum atomic E-state index is 13.4. The van der Waals surface area contributed by atoms with Crippen LogP contribution in [0.2, 0.25) is 0 Å². The maximum Gasteiger partial charge on any atom is 0.295 e. The number of aliphatic hydroxyl groups excluding tert-OH is 1. The van der Waals surface area contributed by atoms with Crippen molar-refractivity contribution in [1.82, 2.24) is 9.80 Å². The van der Waals surface area contributed by atoms with E-state index in [1.165, 1.54) is 0 Å². The first-order chi connectivity index (χ1) is 19.2. The maximum absolute atomic E-state index is 13.4. The van der Waals surface area contributed by atoms with E-state index in [0.29, 0.717) is 37.8 Å². The fourth-order valence-corrected chi connectivity index (χ4v) is 4.91. The van der Waals surface area contributed by atoms with Crippen molar-refractivity contribution in [1.29, 1.82) is 0 Å². The average molecular weight is 551 g/mol. The number of ether oxygens (including phenoxy) is 2. The van der Waals surface area contributed by atoms with E-state index < -0.39 is 17.7 Å². The monoisotopic (exact) mass is 550 g/mol. The van der Waals surface area contributed by atoms with Crippen molar-refractivity contribution in [3.8, 4) is 11.5 Å². The Morgan fingerprint density at radius 3 is 2.30 bits per heavy atom. The molecule has 1 aliphatic rings. The van der Waals surface area contributed by atoms with E-state index in [1.807, 2.05) is 37.3 Å². The lowest BCUT2D eigenvalue weighted by Crippen LogP contribution is -2.38. The highest BCUT2D eigenvalue weighted by Gasteiger charge is 2.46. The van der Waals surface area contributed by atoms with E-state index >= 15 is 0 Å². The number of Topliss-reactive ketones (excluding diaryl/α,β-unsaturated/α-hetero) is 1. The number of aliphatic hydroxyl groups is 1. The van der Waals surface area contributed by atoms with Gasteiger partial charge in [0, 0.05) is 18.7 Å². The zero-order valence-electron chi connectivity index (χ0n) is 25.0. The summed E-state index contributed by atoms with van der Waals surface area (Å²) < 4.78 is 11.8. The molecule has 0 spiro atoms. The predicted molar refractivity (Wildman–Crippen MR) is 160 cm³/mol. The van der Waals surface area contributed by atoms with Crippen LogP contribution in [0.4, 0.5) is 0 Å². The molecule has 3 rings (SSSR count). The summed E-state index contributed by atoms with van der Waals surface area (Å²) in [7, 11) is 0. The number of nitrogens with zero attached hydrogens (tertiary/aromatic N) is 2. The van der Waals surface area contributed by atoms with Gasteiger partial charge in [-0.25, -0.2) is 0 Å². The molecule has 0 aromatic heterocycles. The van der Waals surface area contributed by atoms with Crippen molar-refractivity contribution < 1.29 is 24.2 Å². The second-order valence-corrected chi connectivity index (χ2v) is 10.8. The van der Waals surface area contributed by atoms with E-state index in [0.717, 1.165) is 55.0 Å². The van der Waals surface area contributed by atoms with Crippen LogP contribution in [0.25, 0.3) is 5.76 Å². The number of benzene rings is 2. The van der Waals surface area contributed by atoms with Crippen LogP contribution in [0, 0.1) is 12.8 Å². The number of ketones is 1. The van der Waals surface area contributed by atoms with Gasteiger partial charge in [-0.05, 0) is 73.8 Å². The summed E-state index contributed by atoms with van der Waals surface area (Å²) in [4.78, 5) is 30.6. The lowest BCUT2D eigenvalue weighted by Gasteiger charge is -2.28. The Labute approximate surface area is 239 Å². The topological polar surface area (TPSA) is 79.3 Å². The summed E-state index contributed by atoms with van der Waals surface area (Å²) in [6.45, 7) is 16.3. The van der Waals surface area contributed by atoms with Crippen LogP contribution in [0.1, 0.15) is 76.6 Å². The third-order valence-electron chi connectivity index (χ3n) is 7.32. The first-order valence-electron chi connectivity index (χ1n) is 14.7. The Bertz CT molecular complexity index is 1170. The number of likely N-dealkylation sites (N-methyl/N-ethyl adjacent to an activating group) is 1. The zero-order valence-corrected chi connectivity index (χ0v) is 25.0. The smallest absolute Gasteiger partial charge is 0.295 e. The van der Waals surface area contributed by atoms with Gasteiger partial charge in [-0.15, -0.1) is 0 Å². The quantitative estimate of drug-likeness (QED) is 0.120. The third-order valence-corrected chi connectivity index (χ3v) is 7.32. The van der Waals surface area contributed by atoms with Crippen LogP contribution in [0.5, 0.6) is 11.5 Å². The van der Waals surface area contributed by atoms with Crippen LogP contribution in [0.15, 0.2) is 48.0 Å². The minimum atomic E-state index is -0.693. The Balaban J connectivity index is 1.99. The highest BCUT2D eigenvalue weighted by Crippen LogP contribution is 2.40. The molecule has 0 aliphatic carbocycles. The molecule has 7 nitrogen and oxygen atoms in total. The lowest BCUT2D eigenvalue weighted by molar-refractivity contribution is -0.140. The minimum absolute atomic E-state index is 0.108. The molecule has 7 heteroatoms. The summed E-state index contributed by atoms with van der Waals surface area (Å²) in [5.41, 5.74) is 2.20. The van der Waals surface area contributed by atoms with Crippen molar-refractivity contribution in [3.63, 3.8) is 0 Å². The molecule has 1 unspecified atom stereocenters. The molecular weight excluding hydrogens is 504 g/mol. The second-order valence-electron chi connectivity index (χ2n) is 10.8. The second kappa shape index (κ2) is 14.9. The predicted octanol–water partition coefficient (Wildman–Crippen LogP) is 6.36. The first kappa shape index (κ1) is 31.2. The number of rotatable bonds is 15. The van der Waals surface area contributed by atoms with Gasteiger partial charge in [0.15, 0.2) is 0 Å². The van der Waals surface area contributed by atoms with Gasteiger partial charge in [-0.1, -0.05) is 59.6 Å². The average Bonchev–Trinajstić information content (AvgIpc) is 3.20. The normalized spacial score (nSPS) is 16.8. The van der Waals surface area contributed by atoms with Crippen molar-refractivity contribution in [3.05, 3.63) is 64.7 Å². The molecule has 1 fully saturated rings. The first-order valence-corrected chi connectivity index (χ1v) is 14.7. The number of hydrogen-bond donors (Lipinski definition) is 1. The Morgan fingerprint density at radius 1 is 1.00 bits per heavy atom. The SMILES string of the molecule is CCCCCOc1ccc(C2C(=C(O)c3ccc(OCC(C)C)c(C)c3)C(=O)C(=O)N2CCN(CC)CC)cc1. The molecule has 0 saturated carbocycles. The minimum Gasteiger partial charge on any atom is -0.507 e. The standard InChI is InChI=1S/C33H46N2O5/c1-7-10-11-20-39-27-15-12-25(13-16-27)30-29(32(37)33(38)35(30)19-18-34(8-2)9-3)31(36)26-14-17-28(24(6)21-26)40-22-23(4)5/h12-17,21,23,30,36H,7-11,18-20,22H2,1-6H3. The molecule has 2 aromatic rings. The van der Waals surface area contributed by atoms with Crippen molar-refractivity contribution in [2.24, 2.45) is 5.92 Å². The highest BCUT2D eigenvalue weighted by molar-refractivity contribution is 6.46. The number of carbonyl (C=O) groups is 2. The number of aryl methyl sites for hydroxylation is 1. The fraction of sp³-hybridized carbons (Fsp3) is 0.515. The summed E-state index contributed by atoms with van der Waals surface area (Å²) in [6.07, 6.45) is 3.23. The number of likely N-dealkylation sites (tertiary alicyclic amines) is 1. The van der Waals surface area contributed by atoms with Crippen LogP contribution in [-0.4, -0.2) is 66.0 Å². The van der Waals surface area contributed by atoms with Gasteiger partial charge in [-0.2, -0.15) is 0 Å². The van der Waals surface area contributed by atoms with E-state index in [-0.39, 0.29) is 11.3 Å². The summed E-state index contributed by atoms with van der Waals surface area (Å²) in [6, 6.07) is 12.2. The Kier molecular flexibility index (Phi) is 11.6. The van der Waals surface area contributed by atoms with Gasteiger partial charge in [0.1, 0.15) is 17.3 Å². The summed E-state index contributed by atoms with van der Waals surface area (Å²) in [5, 5.41) is 11.5. The molecule has 1 heterocycles. The highest BCUT2D eigenvalue weighted by atomic mass is 16.5. The molecule has 40 heavy (non-hydrogen) atoms. The van der Waals surface area contributed by atoms with Crippen molar-refractivity contribution >= 4 is 17.4 Å². The van der Waals surface area contributed by atoms with Crippen LogP contribution in [0.3, 0.4) is 0 Å². The molecule has 1 aliphatic heterocycles. The van der Waals surface area contributed by atoms with E-state index in [1.54, 1.807) is 17.0 Å². The Morgan fingerprint density at radius 2 is 1.70 bits per heavy atom. The van der Waals surface area contributed by atoms with Gasteiger partial charge in [-0.3, -0.25) is 9.59 Å². The van der Waals surface area contributed by atoms with Gasteiger partial charge >= 0.3 is 0 Å². The third kappa shape index (κ3) is 7.66. The number of hydrogen-bond acceptors (Lipinski definition) is 6. The van der Waals surface area contributed by atoms with Gasteiger partial charge in [0.05, 0.1) is 24.8 Å². The van der Waals surface area contributed by atoms with Crippen LogP contribution >= 0.6 is 0 Å². The molecule has 218 valence electrons. The summed E-state index contributed by atoms with van der Waals surface area (Å²) >= 11 is 0. The Hall–Kier alpha value is -3.32. The fourth-order valence-electron chi connectivity index (χ4n) is 4.91. The van der Waals surface area contributed by atoms with Crippen molar-refractivity contribution in [2.45, 2.75) is 66.8 Å². The molecule has 1 N–H and O–H groups in total. The molecule has 1 amide bonds. The zero-order chi connectivity index (χ0) is 29.2. The van der Waals surface area contributed by atoms with Gasteiger partial charge in [0.25, 0.3) is 11.7 Å². The van der Waals surface area contributed by atoms with Gasteiger partial charge in [0.2, 0.25) is 0 Å². The molecule has 1 atom stereocenters. The van der Waals surface area contributed by atoms with Crippen LogP contribution in [-0.2, 0) is 9.59 Å². The lowest BCUT2D eigenvalue weighted by atomic mass is 9.94. The van der Waals surface area contributed by atoms with E-state index in [9.17, 15) is 14.7 Å². The molecule has 1 saturated heterocycles. The van der Waals surface area contributed by atoms with Crippen LogP contribution < -0.4 is 9.47 Å². The molecule has 2 aromatic carbocycles. The van der Waals surface area contributed by atoms with Crippen molar-refractivity contribution in [2.75, 3.05) is 39.4 Å².